The van der Waals surface area contributed by atoms with Crippen molar-refractivity contribution in [1.82, 2.24) is 33.2 Å². The van der Waals surface area contributed by atoms with Gasteiger partial charge in [-0.2, -0.15) is 0 Å². The second-order valence-electron chi connectivity index (χ2n) is 21.0. The molecule has 0 saturated heterocycles. The lowest BCUT2D eigenvalue weighted by molar-refractivity contribution is 1.06. The van der Waals surface area contributed by atoms with Crippen LogP contribution in [0, 0.1) is 0 Å². The highest BCUT2D eigenvalue weighted by Crippen LogP contribution is 2.47. The lowest BCUT2D eigenvalue weighted by Gasteiger charge is -2.21. The standard InChI is InChI=1S/C75H47N7/c1-3-24-48(25-4-1)73-76-74(49-26-5-2-6-27-49)78-75(77-73)72-55(35-21-43-69(72)82-64-42-20-13-34-57(64)71-66(45-23-47-68(71)82)80-60-38-16-9-30-52(60)53-31-10-17-39-61(53)80)54-32-11-18-40-62(54)81-63-41-19-12-33-56(63)70-65(44-22-46-67(70)81)79-58-36-14-7-28-50(58)51-29-8-15-37-59(51)79/h1-47H. The number of fused-ring (bicyclic) bond motifs is 12. The maximum atomic E-state index is 5.58. The average Bonchev–Trinajstić information content (AvgIpc) is 4.43. The fraction of sp³-hybridized carbons (Fsp3) is 0. The van der Waals surface area contributed by atoms with Gasteiger partial charge in [0.2, 0.25) is 0 Å². The molecular weight excluding hydrogens is 999 g/mol. The van der Waals surface area contributed by atoms with Gasteiger partial charge in [0.15, 0.2) is 17.5 Å². The Morgan fingerprint density at radius 1 is 0.195 bits per heavy atom. The van der Waals surface area contributed by atoms with Crippen molar-refractivity contribution in [2.75, 3.05) is 0 Å². The SMILES string of the molecule is c1ccc(-c2nc(-c3ccccc3)nc(-c3c(-c4ccccc4-n4c5ccccc5c5c(-n6c7ccccc7c7ccccc76)cccc54)cccc3-n3c4ccccc4c4c(-n5c6ccccc6c6ccccc65)cccc43)n2)cc1. The average molecular weight is 1050 g/mol. The van der Waals surface area contributed by atoms with Gasteiger partial charge in [-0.3, -0.25) is 0 Å². The van der Waals surface area contributed by atoms with Crippen molar-refractivity contribution in [2.45, 2.75) is 0 Å². The molecule has 17 aromatic rings. The second kappa shape index (κ2) is 18.2. The van der Waals surface area contributed by atoms with Crippen LogP contribution in [-0.2, 0) is 0 Å². The van der Waals surface area contributed by atoms with Crippen LogP contribution >= 0.6 is 0 Å². The van der Waals surface area contributed by atoms with Crippen molar-refractivity contribution in [3.8, 4) is 68.0 Å². The molecule has 0 unspecified atom stereocenters. The van der Waals surface area contributed by atoms with Crippen molar-refractivity contribution in [1.29, 1.82) is 0 Å². The van der Waals surface area contributed by atoms with Gasteiger partial charge in [-0.1, -0.05) is 212 Å². The van der Waals surface area contributed by atoms with E-state index in [4.69, 9.17) is 15.0 Å². The zero-order valence-electron chi connectivity index (χ0n) is 44.3. The van der Waals surface area contributed by atoms with Gasteiger partial charge in [0.05, 0.1) is 72.4 Å². The number of para-hydroxylation sites is 7. The van der Waals surface area contributed by atoms with Crippen LogP contribution in [0.25, 0.3) is 155 Å². The molecule has 0 fully saturated rings. The first-order valence-electron chi connectivity index (χ1n) is 27.9. The summed E-state index contributed by atoms with van der Waals surface area (Å²) in [7, 11) is 0. The number of hydrogen-bond acceptors (Lipinski definition) is 3. The zero-order chi connectivity index (χ0) is 53.8. The molecule has 0 aliphatic rings. The van der Waals surface area contributed by atoms with Gasteiger partial charge >= 0.3 is 0 Å². The molecule has 5 aromatic heterocycles. The predicted molar refractivity (Wildman–Crippen MR) is 339 cm³/mol. The van der Waals surface area contributed by atoms with Gasteiger partial charge in [0, 0.05) is 59.8 Å². The Balaban J connectivity index is 0.979. The minimum Gasteiger partial charge on any atom is -0.309 e. The van der Waals surface area contributed by atoms with Crippen LogP contribution in [0.5, 0.6) is 0 Å². The highest BCUT2D eigenvalue weighted by molar-refractivity contribution is 6.19. The van der Waals surface area contributed by atoms with Gasteiger partial charge < -0.3 is 18.3 Å². The zero-order valence-corrected chi connectivity index (χ0v) is 44.3. The second-order valence-corrected chi connectivity index (χ2v) is 21.0. The van der Waals surface area contributed by atoms with Crippen molar-refractivity contribution >= 4 is 87.2 Å². The Labute approximate surface area is 471 Å². The molecule has 0 spiro atoms. The van der Waals surface area contributed by atoms with E-state index in [9.17, 15) is 0 Å². The molecular formula is C75H47N7. The molecule has 82 heavy (non-hydrogen) atoms. The Morgan fingerprint density at radius 3 is 0.951 bits per heavy atom. The smallest absolute Gasteiger partial charge is 0.166 e. The van der Waals surface area contributed by atoms with Crippen molar-refractivity contribution < 1.29 is 0 Å². The molecule has 382 valence electrons. The van der Waals surface area contributed by atoms with Crippen molar-refractivity contribution in [2.24, 2.45) is 0 Å². The van der Waals surface area contributed by atoms with Gasteiger partial charge in [-0.05, 0) is 78.4 Å². The van der Waals surface area contributed by atoms with E-state index in [0.29, 0.717) is 17.5 Å². The van der Waals surface area contributed by atoms with Crippen LogP contribution in [0.1, 0.15) is 0 Å². The minimum absolute atomic E-state index is 0.563. The summed E-state index contributed by atoms with van der Waals surface area (Å²) in [5, 5.41) is 9.53. The topological polar surface area (TPSA) is 58.4 Å². The number of hydrogen-bond donors (Lipinski definition) is 0. The highest BCUT2D eigenvalue weighted by Gasteiger charge is 2.27. The Kier molecular flexibility index (Phi) is 10.2. The number of nitrogens with zero attached hydrogens (tertiary/aromatic N) is 7. The summed E-state index contributed by atoms with van der Waals surface area (Å²) in [6, 6.07) is 102. The van der Waals surface area contributed by atoms with Crippen LogP contribution in [-0.4, -0.2) is 33.2 Å². The Bertz CT molecular complexity index is 5250. The third-order valence-corrected chi connectivity index (χ3v) is 16.6. The molecule has 0 aliphatic heterocycles. The van der Waals surface area contributed by atoms with E-state index in [2.05, 4.69) is 267 Å². The molecule has 0 aliphatic carbocycles. The van der Waals surface area contributed by atoms with E-state index in [1.54, 1.807) is 0 Å². The largest absolute Gasteiger partial charge is 0.309 e. The van der Waals surface area contributed by atoms with Gasteiger partial charge in [-0.15, -0.1) is 0 Å². The van der Waals surface area contributed by atoms with Crippen LogP contribution in [0.15, 0.2) is 285 Å². The van der Waals surface area contributed by atoms with Crippen LogP contribution in [0.4, 0.5) is 0 Å². The lowest BCUT2D eigenvalue weighted by atomic mass is 9.95. The molecule has 7 heteroatoms. The summed E-state index contributed by atoms with van der Waals surface area (Å²) in [6.07, 6.45) is 0. The molecule has 0 radical (unpaired) electrons. The summed E-state index contributed by atoms with van der Waals surface area (Å²) in [5.41, 5.74) is 17.9. The molecule has 0 N–H and O–H groups in total. The first kappa shape index (κ1) is 45.8. The molecule has 0 bridgehead atoms. The number of rotatable bonds is 8. The normalized spacial score (nSPS) is 11.9. The predicted octanol–water partition coefficient (Wildman–Crippen LogP) is 18.9. The van der Waals surface area contributed by atoms with Crippen LogP contribution in [0.2, 0.25) is 0 Å². The summed E-state index contributed by atoms with van der Waals surface area (Å²) >= 11 is 0. The minimum atomic E-state index is 0.563. The maximum Gasteiger partial charge on any atom is 0.166 e. The first-order chi connectivity index (χ1) is 40.7. The molecule has 0 atom stereocenters. The molecule has 12 aromatic carbocycles. The van der Waals surface area contributed by atoms with E-state index in [1.165, 1.54) is 43.4 Å². The summed E-state index contributed by atoms with van der Waals surface area (Å²) in [4.78, 5) is 16.4. The van der Waals surface area contributed by atoms with Gasteiger partial charge in [-0.25, -0.2) is 15.0 Å². The highest BCUT2D eigenvalue weighted by atomic mass is 15.1. The van der Waals surface area contributed by atoms with Gasteiger partial charge in [0.25, 0.3) is 0 Å². The van der Waals surface area contributed by atoms with E-state index in [1.807, 2.05) is 36.4 Å². The summed E-state index contributed by atoms with van der Waals surface area (Å²) in [6.45, 7) is 0. The van der Waals surface area contributed by atoms with Crippen LogP contribution < -0.4 is 0 Å². The third kappa shape index (κ3) is 6.80. The summed E-state index contributed by atoms with van der Waals surface area (Å²) in [5.74, 6) is 1.75. The molecule has 0 saturated carbocycles. The monoisotopic (exact) mass is 1050 g/mol. The molecule has 5 heterocycles. The van der Waals surface area contributed by atoms with E-state index in [0.717, 1.165) is 94.4 Å². The molecule has 0 amide bonds. The summed E-state index contributed by atoms with van der Waals surface area (Å²) < 4.78 is 9.80. The van der Waals surface area contributed by atoms with Crippen LogP contribution in [0.3, 0.4) is 0 Å². The third-order valence-electron chi connectivity index (χ3n) is 16.6. The fourth-order valence-corrected chi connectivity index (χ4v) is 13.3. The van der Waals surface area contributed by atoms with Gasteiger partial charge in [0.1, 0.15) is 0 Å². The van der Waals surface area contributed by atoms with Crippen molar-refractivity contribution in [3.63, 3.8) is 0 Å². The lowest BCUT2D eigenvalue weighted by Crippen LogP contribution is -2.06. The molecule has 7 nitrogen and oxygen atoms in total. The quantitative estimate of drug-likeness (QED) is 0.152. The Morgan fingerprint density at radius 2 is 0.488 bits per heavy atom. The molecule has 17 rings (SSSR count). The van der Waals surface area contributed by atoms with Crippen molar-refractivity contribution in [3.05, 3.63) is 285 Å². The Hall–Kier alpha value is -11.2. The first-order valence-corrected chi connectivity index (χ1v) is 27.9. The maximum absolute atomic E-state index is 5.58. The number of benzene rings is 12. The van der Waals surface area contributed by atoms with E-state index in [-0.39, 0.29) is 0 Å². The number of aromatic nitrogens is 7. The van der Waals surface area contributed by atoms with E-state index < -0.39 is 0 Å². The van der Waals surface area contributed by atoms with E-state index >= 15 is 0 Å². The fourth-order valence-electron chi connectivity index (χ4n) is 13.3.